The largest absolute Gasteiger partial charge is 0.334 e. The summed E-state index contributed by atoms with van der Waals surface area (Å²) in [5, 5.41) is 3.99. The number of nitrogens with zero attached hydrogens (tertiary/aromatic N) is 2. The van der Waals surface area contributed by atoms with Gasteiger partial charge in [-0.2, -0.15) is 4.98 Å². The third-order valence-electron chi connectivity index (χ3n) is 3.36. The number of carbonyl (C=O) groups excluding carboxylic acids is 1. The first-order valence-corrected chi connectivity index (χ1v) is 6.92. The van der Waals surface area contributed by atoms with Gasteiger partial charge in [0.2, 0.25) is 5.82 Å². The average Bonchev–Trinajstić information content (AvgIpc) is 3.05. The van der Waals surface area contributed by atoms with Gasteiger partial charge in [-0.1, -0.05) is 42.9 Å². The number of hydrogen-bond donors (Lipinski definition) is 1. The molecule has 5 heteroatoms. The summed E-state index contributed by atoms with van der Waals surface area (Å²) in [6.07, 6.45) is 0. The van der Waals surface area contributed by atoms with E-state index in [0.29, 0.717) is 23.8 Å². The molecule has 0 fully saturated rings. The summed E-state index contributed by atoms with van der Waals surface area (Å²) < 4.78 is 5.32. The molecule has 0 spiro atoms. The van der Waals surface area contributed by atoms with Gasteiger partial charge in [-0.25, -0.2) is 0 Å². The Bertz CT molecular complexity index is 824. The molecule has 0 aliphatic heterocycles. The maximum atomic E-state index is 11.5. The first-order chi connectivity index (χ1) is 10.7. The molecule has 0 atom stereocenters. The van der Waals surface area contributed by atoms with E-state index in [0.717, 1.165) is 16.7 Å². The van der Waals surface area contributed by atoms with Gasteiger partial charge in [-0.15, -0.1) is 0 Å². The molecule has 0 aliphatic carbocycles. The zero-order valence-corrected chi connectivity index (χ0v) is 12.1. The van der Waals surface area contributed by atoms with Crippen molar-refractivity contribution in [2.24, 2.45) is 5.73 Å². The number of rotatable bonds is 4. The smallest absolute Gasteiger partial charge is 0.258 e. The van der Waals surface area contributed by atoms with Crippen LogP contribution in [0.4, 0.5) is 0 Å². The Morgan fingerprint density at radius 3 is 2.61 bits per heavy atom. The van der Waals surface area contributed by atoms with Crippen molar-refractivity contribution in [2.75, 3.05) is 0 Å². The fourth-order valence-corrected chi connectivity index (χ4v) is 2.17. The number of ketones is 1. The second-order valence-corrected chi connectivity index (χ2v) is 4.96. The van der Waals surface area contributed by atoms with Crippen LogP contribution < -0.4 is 5.73 Å². The van der Waals surface area contributed by atoms with Crippen LogP contribution in [0.3, 0.4) is 0 Å². The van der Waals surface area contributed by atoms with E-state index in [1.54, 1.807) is 18.2 Å². The van der Waals surface area contributed by atoms with Crippen LogP contribution in [-0.2, 0) is 6.54 Å². The SMILES string of the molecule is C.CC(=O)c1cccc(-c2noc(-c3cccc(CN)c3)n2)c1. The maximum Gasteiger partial charge on any atom is 0.258 e. The summed E-state index contributed by atoms with van der Waals surface area (Å²) in [6.45, 7) is 1.98. The molecule has 0 unspecified atom stereocenters. The van der Waals surface area contributed by atoms with E-state index in [1.807, 2.05) is 30.3 Å². The lowest BCUT2D eigenvalue weighted by Gasteiger charge is -1.99. The van der Waals surface area contributed by atoms with E-state index in [2.05, 4.69) is 10.1 Å². The summed E-state index contributed by atoms with van der Waals surface area (Å²) in [4.78, 5) is 15.8. The van der Waals surface area contributed by atoms with Crippen LogP contribution in [0.15, 0.2) is 53.1 Å². The summed E-state index contributed by atoms with van der Waals surface area (Å²) in [5.41, 5.74) is 8.83. The van der Waals surface area contributed by atoms with Gasteiger partial charge in [0.15, 0.2) is 5.78 Å². The summed E-state index contributed by atoms with van der Waals surface area (Å²) in [6, 6.07) is 14.8. The van der Waals surface area contributed by atoms with E-state index >= 15 is 0 Å². The molecule has 0 radical (unpaired) electrons. The molecule has 1 heterocycles. The second-order valence-electron chi connectivity index (χ2n) is 4.96. The molecule has 1 aromatic heterocycles. The minimum Gasteiger partial charge on any atom is -0.334 e. The van der Waals surface area contributed by atoms with Gasteiger partial charge < -0.3 is 10.3 Å². The zero-order chi connectivity index (χ0) is 15.5. The molecule has 3 aromatic rings. The van der Waals surface area contributed by atoms with Crippen molar-refractivity contribution in [1.82, 2.24) is 10.1 Å². The highest BCUT2D eigenvalue weighted by Crippen LogP contribution is 2.23. The highest BCUT2D eigenvalue weighted by atomic mass is 16.5. The lowest BCUT2D eigenvalue weighted by Crippen LogP contribution is -1.95. The van der Waals surface area contributed by atoms with E-state index < -0.39 is 0 Å². The fourth-order valence-electron chi connectivity index (χ4n) is 2.17. The highest BCUT2D eigenvalue weighted by Gasteiger charge is 2.12. The van der Waals surface area contributed by atoms with Gasteiger partial charge in [-0.05, 0) is 30.7 Å². The van der Waals surface area contributed by atoms with E-state index in [-0.39, 0.29) is 13.2 Å². The summed E-state index contributed by atoms with van der Waals surface area (Å²) in [5.74, 6) is 0.885. The molecule has 0 bridgehead atoms. The molecule has 5 nitrogen and oxygen atoms in total. The molecule has 118 valence electrons. The zero-order valence-electron chi connectivity index (χ0n) is 12.1. The van der Waals surface area contributed by atoms with Crippen molar-refractivity contribution < 1.29 is 9.32 Å². The van der Waals surface area contributed by atoms with Crippen LogP contribution in [-0.4, -0.2) is 15.9 Å². The molecule has 0 saturated heterocycles. The third-order valence-corrected chi connectivity index (χ3v) is 3.36. The maximum absolute atomic E-state index is 11.5. The van der Waals surface area contributed by atoms with Crippen LogP contribution in [0, 0.1) is 0 Å². The average molecular weight is 309 g/mol. The Hall–Kier alpha value is -2.79. The Morgan fingerprint density at radius 1 is 1.13 bits per heavy atom. The van der Waals surface area contributed by atoms with Crippen molar-refractivity contribution in [3.63, 3.8) is 0 Å². The van der Waals surface area contributed by atoms with Gasteiger partial charge in [0, 0.05) is 23.2 Å². The van der Waals surface area contributed by atoms with E-state index in [4.69, 9.17) is 10.3 Å². The normalized spacial score (nSPS) is 10.2. The molecule has 23 heavy (non-hydrogen) atoms. The first-order valence-electron chi connectivity index (χ1n) is 6.92. The van der Waals surface area contributed by atoms with Crippen molar-refractivity contribution in [2.45, 2.75) is 20.9 Å². The van der Waals surface area contributed by atoms with Crippen molar-refractivity contribution in [3.8, 4) is 22.8 Å². The van der Waals surface area contributed by atoms with Crippen LogP contribution in [0.5, 0.6) is 0 Å². The van der Waals surface area contributed by atoms with Crippen LogP contribution in [0.1, 0.15) is 30.3 Å². The Kier molecular flexibility index (Phi) is 5.03. The Labute approximate surface area is 135 Å². The van der Waals surface area contributed by atoms with E-state index in [1.165, 1.54) is 6.92 Å². The number of carbonyl (C=O) groups is 1. The topological polar surface area (TPSA) is 82.0 Å². The van der Waals surface area contributed by atoms with Gasteiger partial charge in [-0.3, -0.25) is 4.79 Å². The lowest BCUT2D eigenvalue weighted by atomic mass is 10.1. The van der Waals surface area contributed by atoms with Crippen LogP contribution in [0.25, 0.3) is 22.8 Å². The lowest BCUT2D eigenvalue weighted by molar-refractivity contribution is 0.101. The van der Waals surface area contributed by atoms with Gasteiger partial charge in [0.05, 0.1) is 0 Å². The minimum absolute atomic E-state index is 0. The second kappa shape index (κ2) is 6.98. The number of benzene rings is 2. The van der Waals surface area contributed by atoms with Crippen molar-refractivity contribution in [1.29, 1.82) is 0 Å². The quantitative estimate of drug-likeness (QED) is 0.743. The number of nitrogens with two attached hydrogens (primary N) is 1. The number of hydrogen-bond acceptors (Lipinski definition) is 5. The van der Waals surface area contributed by atoms with Crippen molar-refractivity contribution >= 4 is 5.78 Å². The predicted octanol–water partition coefficient (Wildman–Crippen LogP) is 3.70. The molecule has 0 amide bonds. The minimum atomic E-state index is 0. The van der Waals surface area contributed by atoms with E-state index in [9.17, 15) is 4.79 Å². The van der Waals surface area contributed by atoms with Gasteiger partial charge in [0.25, 0.3) is 5.89 Å². The molecular formula is C18H19N3O2. The molecule has 3 rings (SSSR count). The standard InChI is InChI=1S/C17H15N3O2.CH4/c1-11(21)13-5-3-6-14(9-13)16-19-17(22-20-16)15-7-2-4-12(8-15)10-18;/h2-9H,10,18H2,1H3;1H4. The molecule has 2 aromatic carbocycles. The predicted molar refractivity (Wildman–Crippen MR) is 89.8 cm³/mol. The highest BCUT2D eigenvalue weighted by molar-refractivity contribution is 5.95. The first kappa shape index (κ1) is 16.6. The molecule has 2 N–H and O–H groups in total. The van der Waals surface area contributed by atoms with Crippen LogP contribution in [0.2, 0.25) is 0 Å². The summed E-state index contributed by atoms with van der Waals surface area (Å²) in [7, 11) is 0. The Balaban J connectivity index is 0.00000192. The number of aromatic nitrogens is 2. The third kappa shape index (κ3) is 3.52. The summed E-state index contributed by atoms with van der Waals surface area (Å²) >= 11 is 0. The molecular weight excluding hydrogens is 290 g/mol. The molecule has 0 aliphatic rings. The number of Topliss-reactive ketones (excluding diaryl/α,β-unsaturated/α-hetero) is 1. The van der Waals surface area contributed by atoms with Gasteiger partial charge >= 0.3 is 0 Å². The monoisotopic (exact) mass is 309 g/mol. The van der Waals surface area contributed by atoms with Crippen molar-refractivity contribution in [3.05, 3.63) is 59.7 Å². The Morgan fingerprint density at radius 2 is 1.87 bits per heavy atom. The molecule has 0 saturated carbocycles. The van der Waals surface area contributed by atoms with Crippen LogP contribution >= 0.6 is 0 Å². The van der Waals surface area contributed by atoms with Gasteiger partial charge in [0.1, 0.15) is 0 Å². The fraction of sp³-hybridized carbons (Fsp3) is 0.167.